The molecule has 2 unspecified atom stereocenters. The van der Waals surface area contributed by atoms with E-state index in [9.17, 15) is 9.59 Å². The average molecular weight is 546 g/mol. The van der Waals surface area contributed by atoms with Gasteiger partial charge in [0.05, 0.1) is 19.3 Å². The summed E-state index contributed by atoms with van der Waals surface area (Å²) in [5.74, 6) is 2.25. The number of allylic oxidation sites excluding steroid dienone is 1. The van der Waals surface area contributed by atoms with Crippen LogP contribution in [0.2, 0.25) is 0 Å². The first-order chi connectivity index (χ1) is 18.6. The number of ether oxygens (including phenoxy) is 1. The molecule has 2 amide bonds. The lowest BCUT2D eigenvalue weighted by Gasteiger charge is -2.32. The molecule has 0 radical (unpaired) electrons. The van der Waals surface area contributed by atoms with E-state index in [1.165, 1.54) is 37.7 Å². The summed E-state index contributed by atoms with van der Waals surface area (Å²) in [6.45, 7) is 22.0. The number of aromatic nitrogens is 2. The van der Waals surface area contributed by atoms with Crippen molar-refractivity contribution < 1.29 is 14.3 Å². The molecule has 1 N–H and O–H groups in total. The first kappa shape index (κ1) is 32.9. The van der Waals surface area contributed by atoms with Crippen LogP contribution in [0.25, 0.3) is 0 Å². The zero-order valence-electron chi connectivity index (χ0n) is 25.6. The number of hydrogen-bond acceptors (Lipinski definition) is 5. The molecule has 8 heteroatoms. The van der Waals surface area contributed by atoms with Crippen molar-refractivity contribution in [2.24, 2.45) is 17.8 Å². The Morgan fingerprint density at radius 3 is 2.44 bits per heavy atom. The van der Waals surface area contributed by atoms with Crippen LogP contribution in [-0.2, 0) is 11.3 Å². The van der Waals surface area contributed by atoms with E-state index < -0.39 is 0 Å². The zero-order chi connectivity index (χ0) is 28.8. The quantitative estimate of drug-likeness (QED) is 0.266. The molecule has 2 atom stereocenters. The molecule has 3 rings (SSSR count). The van der Waals surface area contributed by atoms with Gasteiger partial charge < -0.3 is 15.0 Å². The summed E-state index contributed by atoms with van der Waals surface area (Å²) < 4.78 is 7.92. The molecule has 1 saturated carbocycles. The van der Waals surface area contributed by atoms with Gasteiger partial charge >= 0.3 is 0 Å². The Morgan fingerprint density at radius 1 is 1.15 bits per heavy atom. The van der Waals surface area contributed by atoms with Crippen molar-refractivity contribution in [3.05, 3.63) is 23.9 Å². The fourth-order valence-corrected chi connectivity index (χ4v) is 5.41. The van der Waals surface area contributed by atoms with E-state index in [2.05, 4.69) is 63.4 Å². The van der Waals surface area contributed by atoms with Crippen molar-refractivity contribution >= 4 is 12.3 Å². The standard InChI is InChI=1S/C25H43N5O3.C6H12/c1-19(2)14-21-6-5-7-22(15-21)27-24(32)23-16-26-30(25(23)33-17-20(3)4)13-12-28-8-10-29(18-31)11-9-28;1-4-5-6(2)3/h16,18-22H,5-15,17H2,1-4H3,(H,27,32);2,4-5H2,1,3H3. The Morgan fingerprint density at radius 2 is 1.87 bits per heavy atom. The summed E-state index contributed by atoms with van der Waals surface area (Å²) in [5.41, 5.74) is 1.82. The number of rotatable bonds is 13. The molecular formula is C31H55N5O3. The van der Waals surface area contributed by atoms with Crippen molar-refractivity contribution in [3.63, 3.8) is 0 Å². The minimum absolute atomic E-state index is 0.0743. The fraction of sp³-hybridized carbons (Fsp3) is 0.774. The molecule has 0 bridgehead atoms. The van der Waals surface area contributed by atoms with Gasteiger partial charge in [0.15, 0.2) is 0 Å². The lowest BCUT2D eigenvalue weighted by Crippen LogP contribution is -2.46. The SMILES string of the molecule is C=C(C)CCC.CC(C)COc1c(C(=O)NC2CCCC(CC(C)C)C2)cnn1CCN1CCN(C=O)CC1. The second kappa shape index (κ2) is 17.4. The van der Waals surface area contributed by atoms with Gasteiger partial charge in [0.1, 0.15) is 5.56 Å². The topological polar surface area (TPSA) is 79.7 Å². The van der Waals surface area contributed by atoms with E-state index in [0.717, 1.165) is 52.0 Å². The molecule has 8 nitrogen and oxygen atoms in total. The second-order valence-corrected chi connectivity index (χ2v) is 12.3. The third kappa shape index (κ3) is 12.1. The molecule has 0 aromatic carbocycles. The van der Waals surface area contributed by atoms with Gasteiger partial charge in [-0.05, 0) is 50.4 Å². The lowest BCUT2D eigenvalue weighted by atomic mass is 9.81. The average Bonchev–Trinajstić information content (AvgIpc) is 3.29. The van der Waals surface area contributed by atoms with Crippen molar-refractivity contribution in [3.8, 4) is 5.88 Å². The first-order valence-electron chi connectivity index (χ1n) is 15.2. The molecule has 222 valence electrons. The van der Waals surface area contributed by atoms with Gasteiger partial charge in [-0.15, -0.1) is 6.58 Å². The predicted octanol–water partition coefficient (Wildman–Crippen LogP) is 5.39. The molecule has 2 heterocycles. The monoisotopic (exact) mass is 545 g/mol. The highest BCUT2D eigenvalue weighted by molar-refractivity contribution is 5.96. The molecule has 0 spiro atoms. The van der Waals surface area contributed by atoms with E-state index in [0.29, 0.717) is 42.3 Å². The highest BCUT2D eigenvalue weighted by Crippen LogP contribution is 2.30. The maximum Gasteiger partial charge on any atom is 0.258 e. The van der Waals surface area contributed by atoms with Gasteiger partial charge in [-0.25, -0.2) is 4.68 Å². The smallest absolute Gasteiger partial charge is 0.258 e. The largest absolute Gasteiger partial charge is 0.477 e. The van der Waals surface area contributed by atoms with Crippen LogP contribution < -0.4 is 10.1 Å². The van der Waals surface area contributed by atoms with E-state index >= 15 is 0 Å². The van der Waals surface area contributed by atoms with Crippen molar-refractivity contribution in [1.82, 2.24) is 24.9 Å². The van der Waals surface area contributed by atoms with Crippen LogP contribution in [0.5, 0.6) is 5.88 Å². The van der Waals surface area contributed by atoms with Gasteiger partial charge in [-0.2, -0.15) is 5.10 Å². The van der Waals surface area contributed by atoms with Crippen LogP contribution in [0, 0.1) is 17.8 Å². The highest BCUT2D eigenvalue weighted by atomic mass is 16.5. The first-order valence-corrected chi connectivity index (χ1v) is 15.2. The molecule has 1 aromatic heterocycles. The number of carbonyl (C=O) groups is 2. The molecule has 1 aromatic rings. The molecule has 1 saturated heterocycles. The maximum absolute atomic E-state index is 13.2. The number of carbonyl (C=O) groups excluding carboxylic acids is 2. The Bertz CT molecular complexity index is 874. The molecule has 1 aliphatic carbocycles. The van der Waals surface area contributed by atoms with Crippen LogP contribution in [0.3, 0.4) is 0 Å². The molecule has 39 heavy (non-hydrogen) atoms. The second-order valence-electron chi connectivity index (χ2n) is 12.3. The van der Waals surface area contributed by atoms with Crippen LogP contribution in [-0.4, -0.2) is 77.3 Å². The maximum atomic E-state index is 13.2. The minimum atomic E-state index is -0.0743. The number of hydrogen-bond donors (Lipinski definition) is 1. The Hall–Kier alpha value is -2.35. The number of nitrogens with one attached hydrogen (secondary N) is 1. The van der Waals surface area contributed by atoms with E-state index in [4.69, 9.17) is 4.74 Å². The van der Waals surface area contributed by atoms with Crippen molar-refractivity contribution in [1.29, 1.82) is 0 Å². The summed E-state index contributed by atoms with van der Waals surface area (Å²) >= 11 is 0. The van der Waals surface area contributed by atoms with Crippen molar-refractivity contribution in [2.75, 3.05) is 39.3 Å². The summed E-state index contributed by atoms with van der Waals surface area (Å²) in [7, 11) is 0. The van der Waals surface area contributed by atoms with Crippen LogP contribution >= 0.6 is 0 Å². The van der Waals surface area contributed by atoms with Crippen molar-refractivity contribution in [2.45, 2.75) is 99.1 Å². The van der Waals surface area contributed by atoms with E-state index in [1.807, 2.05) is 4.68 Å². The molecule has 1 aliphatic heterocycles. The number of amides is 2. The minimum Gasteiger partial charge on any atom is -0.477 e. The third-order valence-corrected chi connectivity index (χ3v) is 7.37. The fourth-order valence-electron chi connectivity index (χ4n) is 5.41. The van der Waals surface area contributed by atoms with Gasteiger partial charge in [-0.3, -0.25) is 14.5 Å². The van der Waals surface area contributed by atoms with Gasteiger partial charge in [0.2, 0.25) is 12.3 Å². The summed E-state index contributed by atoms with van der Waals surface area (Å²) in [6, 6.07) is 0.227. The highest BCUT2D eigenvalue weighted by Gasteiger charge is 2.27. The van der Waals surface area contributed by atoms with Crippen LogP contribution in [0.4, 0.5) is 0 Å². The third-order valence-electron chi connectivity index (χ3n) is 7.37. The van der Waals surface area contributed by atoms with Crippen LogP contribution in [0.15, 0.2) is 18.3 Å². The van der Waals surface area contributed by atoms with Crippen LogP contribution in [0.1, 0.15) is 96.8 Å². The van der Waals surface area contributed by atoms with E-state index in [1.54, 1.807) is 11.1 Å². The molecular weight excluding hydrogens is 490 g/mol. The summed E-state index contributed by atoms with van der Waals surface area (Å²) in [6.07, 6.45) is 10.8. The van der Waals surface area contributed by atoms with Gasteiger partial charge in [-0.1, -0.05) is 59.5 Å². The number of piperazine rings is 1. The Kier molecular flexibility index (Phi) is 14.6. The zero-order valence-corrected chi connectivity index (χ0v) is 25.6. The predicted molar refractivity (Wildman–Crippen MR) is 159 cm³/mol. The molecule has 2 fully saturated rings. The lowest BCUT2D eigenvalue weighted by molar-refractivity contribution is -0.119. The van der Waals surface area contributed by atoms with E-state index in [-0.39, 0.29) is 11.9 Å². The van der Waals surface area contributed by atoms with Gasteiger partial charge in [0.25, 0.3) is 5.91 Å². The Balaban J connectivity index is 0.000000798. The van der Waals surface area contributed by atoms with Gasteiger partial charge in [0, 0.05) is 38.8 Å². The molecule has 2 aliphatic rings. The number of nitrogens with zero attached hydrogens (tertiary/aromatic N) is 4. The summed E-state index contributed by atoms with van der Waals surface area (Å²) in [4.78, 5) is 28.3. The normalized spacial score (nSPS) is 19.9. The summed E-state index contributed by atoms with van der Waals surface area (Å²) in [5, 5.41) is 7.79. The Labute approximate surface area is 237 Å².